The predicted molar refractivity (Wildman–Crippen MR) is 107 cm³/mol. The summed E-state index contributed by atoms with van der Waals surface area (Å²) in [5.74, 6) is 0.376. The maximum atomic E-state index is 12.4. The lowest BCUT2D eigenvalue weighted by atomic mass is 10.0. The highest BCUT2D eigenvalue weighted by Crippen LogP contribution is 2.23. The summed E-state index contributed by atoms with van der Waals surface area (Å²) in [6, 6.07) is 12.2. The number of ether oxygens (including phenoxy) is 2. The number of para-hydroxylation sites is 1. The molecule has 1 aromatic heterocycles. The van der Waals surface area contributed by atoms with Gasteiger partial charge in [0.05, 0.1) is 0 Å². The molecule has 2 rings (SSSR count). The van der Waals surface area contributed by atoms with Crippen molar-refractivity contribution in [1.82, 2.24) is 10.3 Å². The number of hydrogen-bond donors (Lipinski definition) is 1. The molecular formula is C22H28N2O4. The molecule has 6 heteroatoms. The summed E-state index contributed by atoms with van der Waals surface area (Å²) in [7, 11) is 0. The fourth-order valence-corrected chi connectivity index (χ4v) is 2.66. The molecule has 0 spiro atoms. The molecular weight excluding hydrogens is 356 g/mol. The fourth-order valence-electron chi connectivity index (χ4n) is 2.66. The van der Waals surface area contributed by atoms with Gasteiger partial charge in [-0.3, -0.25) is 4.79 Å². The maximum absolute atomic E-state index is 12.4. The molecule has 0 aliphatic rings. The third kappa shape index (κ3) is 7.39. The van der Waals surface area contributed by atoms with Gasteiger partial charge in [-0.2, -0.15) is 0 Å². The van der Waals surface area contributed by atoms with E-state index in [9.17, 15) is 9.59 Å². The van der Waals surface area contributed by atoms with Crippen molar-refractivity contribution >= 4 is 11.9 Å². The molecule has 0 saturated carbocycles. The molecule has 1 aromatic carbocycles. The number of nitrogens with zero attached hydrogens (tertiary/aromatic N) is 1. The van der Waals surface area contributed by atoms with Crippen LogP contribution in [0.25, 0.3) is 0 Å². The van der Waals surface area contributed by atoms with Crippen LogP contribution in [0.5, 0.6) is 11.6 Å². The van der Waals surface area contributed by atoms with Gasteiger partial charge in [0.25, 0.3) is 5.91 Å². The van der Waals surface area contributed by atoms with E-state index in [1.807, 2.05) is 25.1 Å². The van der Waals surface area contributed by atoms with Crippen molar-refractivity contribution in [1.29, 1.82) is 0 Å². The van der Waals surface area contributed by atoms with E-state index in [0.717, 1.165) is 19.3 Å². The number of nitrogens with one attached hydrogen (secondary N) is 1. The number of amides is 1. The third-order valence-corrected chi connectivity index (χ3v) is 4.11. The van der Waals surface area contributed by atoms with Gasteiger partial charge in [0.1, 0.15) is 11.3 Å². The Bertz CT molecular complexity index is 762. The van der Waals surface area contributed by atoms with Gasteiger partial charge in [-0.15, -0.1) is 0 Å². The van der Waals surface area contributed by atoms with Gasteiger partial charge in [0.2, 0.25) is 5.88 Å². The summed E-state index contributed by atoms with van der Waals surface area (Å²) >= 11 is 0. The number of hydrogen-bond acceptors (Lipinski definition) is 5. The summed E-state index contributed by atoms with van der Waals surface area (Å²) < 4.78 is 10.8. The van der Waals surface area contributed by atoms with Crippen LogP contribution in [0.4, 0.5) is 0 Å². The van der Waals surface area contributed by atoms with Crippen LogP contribution in [0, 0.1) is 5.92 Å². The van der Waals surface area contributed by atoms with Gasteiger partial charge in [-0.1, -0.05) is 44.9 Å². The van der Waals surface area contributed by atoms with Gasteiger partial charge in [-0.25, -0.2) is 9.78 Å². The topological polar surface area (TPSA) is 77.5 Å². The maximum Gasteiger partial charge on any atom is 0.344 e. The highest BCUT2D eigenvalue weighted by molar-refractivity contribution is 5.93. The minimum atomic E-state index is -0.651. The lowest BCUT2D eigenvalue weighted by Gasteiger charge is -2.15. The van der Waals surface area contributed by atoms with Crippen molar-refractivity contribution in [2.45, 2.75) is 46.1 Å². The van der Waals surface area contributed by atoms with Crippen LogP contribution in [0.3, 0.4) is 0 Å². The predicted octanol–water partition coefficient (Wildman–Crippen LogP) is 4.36. The average Bonchev–Trinajstić information content (AvgIpc) is 2.67. The first-order chi connectivity index (χ1) is 13.5. The Balaban J connectivity index is 1.85. The zero-order valence-corrected chi connectivity index (χ0v) is 16.7. The largest absolute Gasteiger partial charge is 0.452 e. The van der Waals surface area contributed by atoms with Crippen molar-refractivity contribution < 1.29 is 19.1 Å². The van der Waals surface area contributed by atoms with Gasteiger partial charge in [-0.05, 0) is 43.5 Å². The molecule has 0 bridgehead atoms. The highest BCUT2D eigenvalue weighted by Gasteiger charge is 2.17. The van der Waals surface area contributed by atoms with E-state index in [0.29, 0.717) is 11.7 Å². The van der Waals surface area contributed by atoms with Gasteiger partial charge < -0.3 is 14.8 Å². The van der Waals surface area contributed by atoms with E-state index < -0.39 is 5.97 Å². The minimum Gasteiger partial charge on any atom is -0.452 e. The van der Waals surface area contributed by atoms with Crippen molar-refractivity contribution in [3.05, 3.63) is 54.2 Å². The molecule has 0 aliphatic carbocycles. The second-order valence-corrected chi connectivity index (χ2v) is 7.14. The number of rotatable bonds is 10. The molecule has 6 nitrogen and oxygen atoms in total. The van der Waals surface area contributed by atoms with E-state index in [1.54, 1.807) is 24.3 Å². The lowest BCUT2D eigenvalue weighted by Crippen LogP contribution is -2.35. The molecule has 0 radical (unpaired) electrons. The SMILES string of the molecule is CC(C)CCCC(C)NC(=O)COC(=O)c1cccnc1Oc1ccccc1. The molecule has 1 N–H and O–H groups in total. The van der Waals surface area contributed by atoms with Crippen LogP contribution in [0.15, 0.2) is 48.7 Å². The average molecular weight is 384 g/mol. The van der Waals surface area contributed by atoms with E-state index in [4.69, 9.17) is 9.47 Å². The highest BCUT2D eigenvalue weighted by atomic mass is 16.5. The summed E-state index contributed by atoms with van der Waals surface area (Å²) in [6.45, 7) is 5.97. The summed E-state index contributed by atoms with van der Waals surface area (Å²) in [5, 5.41) is 2.85. The molecule has 2 aromatic rings. The van der Waals surface area contributed by atoms with E-state index >= 15 is 0 Å². The molecule has 0 saturated heterocycles. The second-order valence-electron chi connectivity index (χ2n) is 7.14. The minimum absolute atomic E-state index is 0.0420. The Morgan fingerprint density at radius 1 is 1.04 bits per heavy atom. The zero-order chi connectivity index (χ0) is 20.4. The first kappa shape index (κ1) is 21.4. The van der Waals surface area contributed by atoms with E-state index in [1.165, 1.54) is 6.20 Å². The van der Waals surface area contributed by atoms with Gasteiger partial charge >= 0.3 is 5.97 Å². The van der Waals surface area contributed by atoms with E-state index in [2.05, 4.69) is 24.1 Å². The molecule has 28 heavy (non-hydrogen) atoms. The normalized spacial score (nSPS) is 11.7. The van der Waals surface area contributed by atoms with Crippen LogP contribution in [0.1, 0.15) is 50.4 Å². The van der Waals surface area contributed by atoms with Crippen molar-refractivity contribution in [3.8, 4) is 11.6 Å². The molecule has 1 unspecified atom stereocenters. The Hall–Kier alpha value is -2.89. The fraction of sp³-hybridized carbons (Fsp3) is 0.409. The molecule has 0 fully saturated rings. The van der Waals surface area contributed by atoms with Gasteiger partial charge in [0.15, 0.2) is 6.61 Å². The Morgan fingerprint density at radius 3 is 2.50 bits per heavy atom. The van der Waals surface area contributed by atoms with Crippen molar-refractivity contribution in [2.24, 2.45) is 5.92 Å². The Morgan fingerprint density at radius 2 is 1.79 bits per heavy atom. The summed E-state index contributed by atoms with van der Waals surface area (Å²) in [6.07, 6.45) is 4.60. The number of carbonyl (C=O) groups is 2. The Labute approximate surface area is 166 Å². The van der Waals surface area contributed by atoms with Crippen molar-refractivity contribution in [2.75, 3.05) is 6.61 Å². The smallest absolute Gasteiger partial charge is 0.344 e. The van der Waals surface area contributed by atoms with E-state index in [-0.39, 0.29) is 30.0 Å². The molecule has 0 aliphatic heterocycles. The summed E-state index contributed by atoms with van der Waals surface area (Å²) in [4.78, 5) is 28.5. The van der Waals surface area contributed by atoms with Crippen LogP contribution >= 0.6 is 0 Å². The van der Waals surface area contributed by atoms with Crippen LogP contribution < -0.4 is 10.1 Å². The molecule has 1 atom stereocenters. The van der Waals surface area contributed by atoms with Crippen molar-refractivity contribution in [3.63, 3.8) is 0 Å². The summed E-state index contributed by atoms with van der Waals surface area (Å²) in [5.41, 5.74) is 0.170. The number of carbonyl (C=O) groups excluding carboxylic acids is 2. The quantitative estimate of drug-likeness (QED) is 0.616. The number of benzene rings is 1. The number of esters is 1. The van der Waals surface area contributed by atoms with Crippen LogP contribution in [0.2, 0.25) is 0 Å². The van der Waals surface area contributed by atoms with Gasteiger partial charge in [0, 0.05) is 12.2 Å². The number of pyridine rings is 1. The van der Waals surface area contributed by atoms with Crippen LogP contribution in [-0.4, -0.2) is 29.5 Å². The molecule has 150 valence electrons. The third-order valence-electron chi connectivity index (χ3n) is 4.11. The zero-order valence-electron chi connectivity index (χ0n) is 16.7. The molecule has 1 heterocycles. The Kier molecular flexibility index (Phi) is 8.46. The first-order valence-corrected chi connectivity index (χ1v) is 9.60. The van der Waals surface area contributed by atoms with Crippen LogP contribution in [-0.2, 0) is 9.53 Å². The first-order valence-electron chi connectivity index (χ1n) is 9.60. The monoisotopic (exact) mass is 384 g/mol. The standard InChI is InChI=1S/C22H28N2O4/c1-16(2)9-7-10-17(3)24-20(25)15-27-22(26)19-13-8-14-23-21(19)28-18-11-5-4-6-12-18/h4-6,8,11-14,16-17H,7,9-10,15H2,1-3H3,(H,24,25). The lowest BCUT2D eigenvalue weighted by molar-refractivity contribution is -0.124. The number of aromatic nitrogens is 1. The molecule has 1 amide bonds. The second kappa shape index (κ2) is 11.1.